The molecule has 3 unspecified atom stereocenters. The lowest BCUT2D eigenvalue weighted by molar-refractivity contribution is -0.115. The lowest BCUT2D eigenvalue weighted by Crippen LogP contribution is -2.62. The molecule has 1 N–H and O–H groups in total. The van der Waals surface area contributed by atoms with Crippen LogP contribution in [0.25, 0.3) is 0 Å². The van der Waals surface area contributed by atoms with Gasteiger partial charge in [0.25, 0.3) is 0 Å². The van der Waals surface area contributed by atoms with Gasteiger partial charge in [-0.05, 0) is 118 Å². The van der Waals surface area contributed by atoms with Crippen LogP contribution in [0.1, 0.15) is 86.5 Å². The zero-order valence-electron chi connectivity index (χ0n) is 20.7. The topological polar surface area (TPSA) is 49.4 Å². The van der Waals surface area contributed by atoms with Crippen molar-refractivity contribution < 1.29 is 9.59 Å². The van der Waals surface area contributed by atoms with Gasteiger partial charge in [0.1, 0.15) is 6.04 Å². The smallest absolute Gasteiger partial charge is 0.318 e. The molecule has 1 aromatic carbocycles. The first-order valence-electron chi connectivity index (χ1n) is 13.1. The quantitative estimate of drug-likeness (QED) is 0.526. The Morgan fingerprint density at radius 2 is 1.70 bits per heavy atom. The maximum Gasteiger partial charge on any atom is 0.318 e. The van der Waals surface area contributed by atoms with E-state index < -0.39 is 6.04 Å². The van der Waals surface area contributed by atoms with Crippen molar-refractivity contribution in [3.63, 3.8) is 0 Å². The van der Waals surface area contributed by atoms with Gasteiger partial charge in [-0.1, -0.05) is 24.6 Å². The number of aryl methyl sites for hydroxylation is 2. The molecule has 33 heavy (non-hydrogen) atoms. The second-order valence-corrected chi connectivity index (χ2v) is 12.3. The van der Waals surface area contributed by atoms with Crippen molar-refractivity contribution in [3.05, 3.63) is 34.4 Å². The van der Waals surface area contributed by atoms with Crippen LogP contribution in [0.5, 0.6) is 0 Å². The molecule has 4 nitrogen and oxygen atoms in total. The van der Waals surface area contributed by atoms with E-state index >= 15 is 0 Å². The first-order valence-corrected chi connectivity index (χ1v) is 13.5. The van der Waals surface area contributed by atoms with Gasteiger partial charge >= 0.3 is 6.03 Å². The number of likely N-dealkylation sites (tertiary alicyclic amines) is 1. The number of amides is 2. The molecule has 4 bridgehead atoms. The number of benzene rings is 1. The number of thiol groups is 1. The van der Waals surface area contributed by atoms with Crippen molar-refractivity contribution in [2.24, 2.45) is 23.7 Å². The number of carbonyl (C=O) groups is 2. The number of nitrogens with one attached hydrogen (secondary N) is 1. The Bertz CT molecular complexity index is 922. The fraction of sp³-hybridized carbons (Fsp3) is 0.714. The minimum absolute atomic E-state index is 0.0288. The first-order chi connectivity index (χ1) is 15.7. The Kier molecular flexibility index (Phi) is 6.08. The molecule has 5 heteroatoms. The van der Waals surface area contributed by atoms with Crippen LogP contribution in [0.3, 0.4) is 0 Å². The molecule has 4 saturated carbocycles. The van der Waals surface area contributed by atoms with E-state index in [4.69, 9.17) is 0 Å². The Labute approximate surface area is 204 Å². The summed E-state index contributed by atoms with van der Waals surface area (Å²) in [6.45, 7) is 9.35. The molecule has 6 rings (SSSR count). The van der Waals surface area contributed by atoms with Crippen LogP contribution in [0.4, 0.5) is 4.79 Å². The van der Waals surface area contributed by atoms with Crippen LogP contribution in [-0.4, -0.2) is 34.2 Å². The molecule has 4 aliphatic carbocycles. The Balaban J connectivity index is 1.38. The number of carbonyl (C=O) groups excluding carboxylic acids is 2. The molecule has 0 radical (unpaired) electrons. The molecule has 0 aromatic heterocycles. The van der Waals surface area contributed by atoms with Crippen LogP contribution < -0.4 is 5.32 Å². The third-order valence-corrected chi connectivity index (χ3v) is 9.84. The van der Waals surface area contributed by atoms with E-state index in [-0.39, 0.29) is 28.5 Å². The van der Waals surface area contributed by atoms with Crippen LogP contribution in [0.15, 0.2) is 12.1 Å². The van der Waals surface area contributed by atoms with Gasteiger partial charge in [-0.15, -0.1) is 12.6 Å². The standard InChI is InChI=1S/C28H40N2O2S/c1-5-22(24-9-16(2)8-17(3)18(24)4)23-6-7-30(25(23)26(31)33)27(32)29-28-13-19-10-20(14-28)12-21(11-19)15-28/h8-9,19-23,25H,5-7,10-15H2,1-4H3,(H,29,32)(H,31,33). The predicted octanol–water partition coefficient (Wildman–Crippen LogP) is 5.93. The number of rotatable bonds is 5. The first kappa shape index (κ1) is 23.3. The fourth-order valence-corrected chi connectivity index (χ4v) is 8.89. The summed E-state index contributed by atoms with van der Waals surface area (Å²) in [5, 5.41) is 3.33. The van der Waals surface area contributed by atoms with Crippen molar-refractivity contribution >= 4 is 23.8 Å². The highest BCUT2D eigenvalue weighted by Crippen LogP contribution is 2.55. The summed E-state index contributed by atoms with van der Waals surface area (Å²) < 4.78 is 0. The molecule has 5 fully saturated rings. The van der Waals surface area contributed by atoms with E-state index in [9.17, 15) is 9.59 Å². The summed E-state index contributed by atoms with van der Waals surface area (Å²) in [6, 6.07) is 4.03. The molecule has 0 spiro atoms. The summed E-state index contributed by atoms with van der Waals surface area (Å²) in [4.78, 5) is 28.3. The van der Waals surface area contributed by atoms with E-state index in [1.807, 2.05) is 4.90 Å². The van der Waals surface area contributed by atoms with Gasteiger partial charge in [0.05, 0.1) is 0 Å². The van der Waals surface area contributed by atoms with Crippen molar-refractivity contribution in [1.82, 2.24) is 10.2 Å². The highest BCUT2D eigenvalue weighted by atomic mass is 32.1. The van der Waals surface area contributed by atoms with E-state index in [1.165, 1.54) is 41.5 Å². The van der Waals surface area contributed by atoms with Gasteiger partial charge in [0.15, 0.2) is 0 Å². The minimum atomic E-state index is -0.451. The second-order valence-electron chi connectivity index (χ2n) is 11.9. The molecular formula is C28H40N2O2S. The van der Waals surface area contributed by atoms with Crippen molar-refractivity contribution in [2.75, 3.05) is 6.54 Å². The zero-order valence-corrected chi connectivity index (χ0v) is 21.6. The van der Waals surface area contributed by atoms with Gasteiger partial charge in [-0.25, -0.2) is 4.79 Å². The Morgan fingerprint density at radius 1 is 1.09 bits per heavy atom. The third kappa shape index (κ3) is 4.13. The molecule has 3 atom stereocenters. The van der Waals surface area contributed by atoms with Crippen molar-refractivity contribution in [1.29, 1.82) is 0 Å². The maximum absolute atomic E-state index is 13.6. The van der Waals surface area contributed by atoms with Crippen LogP contribution in [-0.2, 0) is 4.79 Å². The molecular weight excluding hydrogens is 428 g/mol. The van der Waals surface area contributed by atoms with Gasteiger partial charge in [-0.3, -0.25) is 4.79 Å². The zero-order chi connectivity index (χ0) is 23.5. The molecule has 1 aromatic rings. The monoisotopic (exact) mass is 468 g/mol. The Morgan fingerprint density at radius 3 is 2.24 bits per heavy atom. The number of hydrogen-bond acceptors (Lipinski definition) is 2. The van der Waals surface area contributed by atoms with Crippen LogP contribution >= 0.6 is 12.6 Å². The summed E-state index contributed by atoms with van der Waals surface area (Å²) in [7, 11) is 0. The van der Waals surface area contributed by atoms with Crippen LogP contribution in [0, 0.1) is 44.4 Å². The lowest BCUT2D eigenvalue weighted by Gasteiger charge is -2.57. The van der Waals surface area contributed by atoms with Crippen molar-refractivity contribution in [3.8, 4) is 0 Å². The van der Waals surface area contributed by atoms with Gasteiger partial charge in [0.2, 0.25) is 5.12 Å². The summed E-state index contributed by atoms with van der Waals surface area (Å²) in [6.07, 6.45) is 9.25. The summed E-state index contributed by atoms with van der Waals surface area (Å²) >= 11 is 4.31. The molecule has 2 amide bonds. The molecule has 5 aliphatic rings. The number of urea groups is 1. The normalized spacial score (nSPS) is 35.7. The minimum Gasteiger partial charge on any atom is -0.333 e. The fourth-order valence-electron chi connectivity index (χ4n) is 8.56. The van der Waals surface area contributed by atoms with Crippen molar-refractivity contribution in [2.45, 2.75) is 96.6 Å². The average molecular weight is 469 g/mol. The van der Waals surface area contributed by atoms with E-state index in [0.717, 1.165) is 49.9 Å². The van der Waals surface area contributed by atoms with Gasteiger partial charge in [-0.2, -0.15) is 0 Å². The third-order valence-electron chi connectivity index (χ3n) is 9.58. The number of hydrogen-bond donors (Lipinski definition) is 2. The van der Waals surface area contributed by atoms with E-state index in [1.54, 1.807) is 0 Å². The largest absolute Gasteiger partial charge is 0.333 e. The maximum atomic E-state index is 13.6. The van der Waals surface area contributed by atoms with Gasteiger partial charge in [0, 0.05) is 12.1 Å². The number of nitrogens with zero attached hydrogens (tertiary/aromatic N) is 1. The molecule has 1 heterocycles. The SMILES string of the molecule is CCC(c1cc(C)cc(C)c1C)C1CCN(C(=O)NC23CC4CC(CC(C4)C2)C3)C1C(=O)S. The summed E-state index contributed by atoms with van der Waals surface area (Å²) in [5.41, 5.74) is 5.17. The Hall–Kier alpha value is -1.49. The average Bonchev–Trinajstić information content (AvgIpc) is 3.16. The summed E-state index contributed by atoms with van der Waals surface area (Å²) in [5.74, 6) is 2.70. The lowest BCUT2D eigenvalue weighted by atomic mass is 9.53. The molecule has 180 valence electrons. The molecule has 1 saturated heterocycles. The molecule has 1 aliphatic heterocycles. The highest BCUT2D eigenvalue weighted by Gasteiger charge is 2.53. The van der Waals surface area contributed by atoms with E-state index in [2.05, 4.69) is 57.8 Å². The van der Waals surface area contributed by atoms with E-state index in [0.29, 0.717) is 6.54 Å². The predicted molar refractivity (Wildman–Crippen MR) is 136 cm³/mol. The van der Waals surface area contributed by atoms with Gasteiger partial charge < -0.3 is 10.2 Å². The second kappa shape index (κ2) is 8.62. The highest BCUT2D eigenvalue weighted by molar-refractivity contribution is 7.96. The van der Waals surface area contributed by atoms with Crippen LogP contribution in [0.2, 0.25) is 0 Å².